The summed E-state index contributed by atoms with van der Waals surface area (Å²) in [6, 6.07) is 0. The molecule has 3 heterocycles. The maximum absolute atomic E-state index is 9.55. The van der Waals surface area contributed by atoms with Gasteiger partial charge in [-0.3, -0.25) is 0 Å². The summed E-state index contributed by atoms with van der Waals surface area (Å²) in [5, 5.41) is 28.0. The van der Waals surface area contributed by atoms with Gasteiger partial charge in [-0.1, -0.05) is 26.2 Å². The number of rotatable bonds is 9. The lowest BCUT2D eigenvalue weighted by Gasteiger charge is -2.19. The molecule has 1 fully saturated rings. The molecule has 0 bridgehead atoms. The third-order valence-corrected chi connectivity index (χ3v) is 5.42. The number of anilines is 1. The monoisotopic (exact) mass is 491 g/mol. The first-order valence-electron chi connectivity index (χ1n) is 11.5. The molecule has 1 saturated heterocycles. The number of unbranched alkanes of at least 4 members (excludes halogenated alkanes) is 1. The summed E-state index contributed by atoms with van der Waals surface area (Å²) in [5.74, 6) is -1.80. The molecule has 34 heavy (non-hydrogen) atoms. The van der Waals surface area contributed by atoms with Gasteiger partial charge in [0.2, 0.25) is 0 Å². The largest absolute Gasteiger partial charge is 0.478 e. The third-order valence-electron chi connectivity index (χ3n) is 5.18. The van der Waals surface area contributed by atoms with Crippen molar-refractivity contribution in [3.05, 3.63) is 24.7 Å². The van der Waals surface area contributed by atoms with Crippen molar-refractivity contribution in [2.45, 2.75) is 52.0 Å². The van der Waals surface area contributed by atoms with E-state index in [0.717, 1.165) is 43.5 Å². The number of hydrogen-bond donors (Lipinski definition) is 4. The maximum Gasteiger partial charge on any atom is 0.328 e. The van der Waals surface area contributed by atoms with Crippen molar-refractivity contribution in [1.29, 1.82) is 0 Å². The number of carbonyl (C=O) groups is 2. The van der Waals surface area contributed by atoms with Crippen LogP contribution >= 0.6 is 12.2 Å². The number of aromatic nitrogens is 4. The second-order valence-electron chi connectivity index (χ2n) is 7.83. The highest BCUT2D eigenvalue weighted by molar-refractivity contribution is 7.80. The predicted octanol–water partition coefficient (Wildman–Crippen LogP) is 2.50. The molecule has 186 valence electrons. The van der Waals surface area contributed by atoms with E-state index in [1.54, 1.807) is 6.33 Å². The molecule has 1 aliphatic heterocycles. The first kappa shape index (κ1) is 27.1. The second kappa shape index (κ2) is 14.9. The second-order valence-corrected chi connectivity index (χ2v) is 8.24. The fourth-order valence-corrected chi connectivity index (χ4v) is 3.62. The van der Waals surface area contributed by atoms with Gasteiger partial charge < -0.3 is 25.7 Å². The Morgan fingerprint density at radius 3 is 2.38 bits per heavy atom. The number of carboxylic acid groups (broad SMARTS) is 2. The zero-order valence-electron chi connectivity index (χ0n) is 19.4. The smallest absolute Gasteiger partial charge is 0.328 e. The SMILES string of the molecule is CCCCNC(=S)Nc1ncnc2c1cnn2CCN1CCCCCC1.O=C(O)C=CC(=O)O. The molecule has 12 heteroatoms. The number of fused-ring (bicyclic) bond motifs is 1. The number of hydrogen-bond acceptors (Lipinski definition) is 7. The molecule has 0 aliphatic carbocycles. The Labute approximate surface area is 204 Å². The van der Waals surface area contributed by atoms with Crippen LogP contribution in [0.25, 0.3) is 11.0 Å². The molecule has 4 N–H and O–H groups in total. The highest BCUT2D eigenvalue weighted by Crippen LogP contribution is 2.19. The van der Waals surface area contributed by atoms with Crippen molar-refractivity contribution in [3.63, 3.8) is 0 Å². The molecule has 3 rings (SSSR count). The summed E-state index contributed by atoms with van der Waals surface area (Å²) < 4.78 is 1.97. The predicted molar refractivity (Wildman–Crippen MR) is 134 cm³/mol. The minimum Gasteiger partial charge on any atom is -0.478 e. The summed E-state index contributed by atoms with van der Waals surface area (Å²) >= 11 is 5.35. The molecule has 0 aromatic carbocycles. The topological polar surface area (TPSA) is 146 Å². The van der Waals surface area contributed by atoms with Crippen LogP contribution in [0.3, 0.4) is 0 Å². The van der Waals surface area contributed by atoms with Crippen LogP contribution in [0.2, 0.25) is 0 Å². The quantitative estimate of drug-likeness (QED) is 0.233. The van der Waals surface area contributed by atoms with Crippen LogP contribution in [0.5, 0.6) is 0 Å². The van der Waals surface area contributed by atoms with Crippen molar-refractivity contribution in [2.24, 2.45) is 0 Å². The molecule has 11 nitrogen and oxygen atoms in total. The van der Waals surface area contributed by atoms with Gasteiger partial charge in [-0.05, 0) is 44.6 Å². The van der Waals surface area contributed by atoms with Gasteiger partial charge in [0, 0.05) is 25.2 Å². The molecular weight excluding hydrogens is 458 g/mol. The highest BCUT2D eigenvalue weighted by Gasteiger charge is 2.13. The Hall–Kier alpha value is -3.12. The highest BCUT2D eigenvalue weighted by atomic mass is 32.1. The first-order chi connectivity index (χ1) is 16.4. The number of aliphatic carboxylic acids is 2. The maximum atomic E-state index is 9.55. The van der Waals surface area contributed by atoms with E-state index in [4.69, 9.17) is 22.4 Å². The average Bonchev–Trinajstić information content (AvgIpc) is 3.04. The lowest BCUT2D eigenvalue weighted by atomic mass is 10.2. The summed E-state index contributed by atoms with van der Waals surface area (Å²) in [4.78, 5) is 30.4. The van der Waals surface area contributed by atoms with Gasteiger partial charge in [-0.2, -0.15) is 5.10 Å². The number of likely N-dealkylation sites (tertiary alicyclic amines) is 1. The van der Waals surface area contributed by atoms with Gasteiger partial charge >= 0.3 is 11.9 Å². The Morgan fingerprint density at radius 1 is 1.09 bits per heavy atom. The molecule has 0 saturated carbocycles. The zero-order chi connectivity index (χ0) is 24.8. The Balaban J connectivity index is 0.000000440. The van der Waals surface area contributed by atoms with Crippen LogP contribution in [-0.4, -0.2) is 78.1 Å². The van der Waals surface area contributed by atoms with Gasteiger partial charge in [0.15, 0.2) is 10.8 Å². The van der Waals surface area contributed by atoms with Crippen LogP contribution in [0.15, 0.2) is 24.7 Å². The zero-order valence-corrected chi connectivity index (χ0v) is 20.3. The van der Waals surface area contributed by atoms with Gasteiger partial charge in [-0.15, -0.1) is 0 Å². The fraction of sp³-hybridized carbons (Fsp3) is 0.545. The molecular formula is C22H33N7O4S. The summed E-state index contributed by atoms with van der Waals surface area (Å²) in [6.45, 7) is 7.27. The molecule has 0 spiro atoms. The minimum absolute atomic E-state index is 0.558. The van der Waals surface area contributed by atoms with Crippen molar-refractivity contribution < 1.29 is 19.8 Å². The number of thiocarbonyl (C=S) groups is 1. The Bertz CT molecular complexity index is 955. The fourth-order valence-electron chi connectivity index (χ4n) is 3.43. The van der Waals surface area contributed by atoms with Crippen molar-refractivity contribution in [3.8, 4) is 0 Å². The molecule has 0 amide bonds. The van der Waals surface area contributed by atoms with Crippen LogP contribution in [0.1, 0.15) is 45.4 Å². The van der Waals surface area contributed by atoms with Gasteiger partial charge in [0.05, 0.1) is 18.1 Å². The van der Waals surface area contributed by atoms with Crippen molar-refractivity contribution >= 4 is 46.1 Å². The van der Waals surface area contributed by atoms with E-state index in [2.05, 4.69) is 37.5 Å². The number of nitrogens with zero attached hydrogens (tertiary/aromatic N) is 5. The molecule has 2 aromatic heterocycles. The Morgan fingerprint density at radius 2 is 1.76 bits per heavy atom. The summed E-state index contributed by atoms with van der Waals surface area (Å²) in [5.41, 5.74) is 0.855. The van der Waals surface area contributed by atoms with E-state index in [1.165, 1.54) is 38.8 Å². The number of nitrogens with one attached hydrogen (secondary N) is 2. The normalized spacial score (nSPS) is 14.3. The lowest BCUT2D eigenvalue weighted by molar-refractivity contribution is -0.134. The van der Waals surface area contributed by atoms with Crippen LogP contribution in [0.4, 0.5) is 5.82 Å². The summed E-state index contributed by atoms with van der Waals surface area (Å²) in [6.07, 6.45) is 12.1. The molecule has 0 unspecified atom stereocenters. The Kier molecular flexibility index (Phi) is 11.9. The van der Waals surface area contributed by atoms with Crippen LogP contribution in [0, 0.1) is 0 Å². The summed E-state index contributed by atoms with van der Waals surface area (Å²) in [7, 11) is 0. The number of carboxylic acids is 2. The van der Waals surface area contributed by atoms with E-state index < -0.39 is 11.9 Å². The minimum atomic E-state index is -1.26. The van der Waals surface area contributed by atoms with Crippen molar-refractivity contribution in [2.75, 3.05) is 31.5 Å². The van der Waals surface area contributed by atoms with E-state index in [-0.39, 0.29) is 0 Å². The van der Waals surface area contributed by atoms with Crippen LogP contribution in [-0.2, 0) is 16.1 Å². The van der Waals surface area contributed by atoms with E-state index in [1.807, 2.05) is 10.9 Å². The van der Waals surface area contributed by atoms with Crippen LogP contribution < -0.4 is 10.6 Å². The van der Waals surface area contributed by atoms with Crippen molar-refractivity contribution in [1.82, 2.24) is 30.0 Å². The molecule has 1 aliphatic rings. The van der Waals surface area contributed by atoms with Gasteiger partial charge in [-0.25, -0.2) is 24.2 Å². The molecule has 0 radical (unpaired) electrons. The lowest BCUT2D eigenvalue weighted by Crippen LogP contribution is -2.29. The standard InChI is InChI=1S/C18H29N7S.C4H4O4/c1-2-3-8-19-18(26)23-16-15-13-22-25(17(15)21-14-20-16)12-11-24-9-6-4-5-7-10-24;5-3(6)1-2-4(7)8/h13-14H,2-12H2,1H3,(H2,19,20,21,23,26);1-2H,(H,5,6)(H,7,8). The molecule has 0 atom stereocenters. The first-order valence-corrected chi connectivity index (χ1v) is 11.9. The third kappa shape index (κ3) is 9.79. The van der Waals surface area contributed by atoms with E-state index >= 15 is 0 Å². The average molecular weight is 492 g/mol. The van der Waals surface area contributed by atoms with E-state index in [0.29, 0.717) is 23.1 Å². The van der Waals surface area contributed by atoms with Gasteiger partial charge in [0.25, 0.3) is 0 Å². The van der Waals surface area contributed by atoms with Gasteiger partial charge in [0.1, 0.15) is 12.1 Å². The molecule has 2 aromatic rings. The van der Waals surface area contributed by atoms with E-state index in [9.17, 15) is 9.59 Å².